The number of hydrogen-bond donors (Lipinski definition) is 1. The van der Waals surface area contributed by atoms with Crippen LogP contribution in [0.4, 0.5) is 0 Å². The van der Waals surface area contributed by atoms with Crippen molar-refractivity contribution < 1.29 is 4.79 Å². The van der Waals surface area contributed by atoms with Gasteiger partial charge in [0.05, 0.1) is 6.07 Å². The monoisotopic (exact) mass is 209 g/mol. The summed E-state index contributed by atoms with van der Waals surface area (Å²) in [4.78, 5) is 12.9. The summed E-state index contributed by atoms with van der Waals surface area (Å²) in [6.07, 6.45) is 1.45. The second-order valence-corrected chi connectivity index (χ2v) is 4.50. The van der Waals surface area contributed by atoms with Crippen molar-refractivity contribution in [2.75, 3.05) is 13.1 Å². The summed E-state index contributed by atoms with van der Waals surface area (Å²) >= 11 is 0. The topological polar surface area (TPSA) is 56.1 Å². The van der Waals surface area contributed by atoms with Gasteiger partial charge in [-0.15, -0.1) is 0 Å². The Morgan fingerprint density at radius 2 is 2.00 bits per heavy atom. The fourth-order valence-corrected chi connectivity index (χ4v) is 2.04. The Labute approximate surface area is 91.2 Å². The third-order valence-corrected chi connectivity index (χ3v) is 2.84. The number of nitrogens with zero attached hydrogens (tertiary/aromatic N) is 2. The Bertz CT molecular complexity index is 272. The first-order valence-corrected chi connectivity index (χ1v) is 5.43. The quantitative estimate of drug-likeness (QED) is 0.734. The van der Waals surface area contributed by atoms with Crippen molar-refractivity contribution in [3.05, 3.63) is 0 Å². The molecule has 1 N–H and O–H groups in total. The lowest BCUT2D eigenvalue weighted by Gasteiger charge is -2.38. The van der Waals surface area contributed by atoms with Crippen LogP contribution < -0.4 is 5.32 Å². The summed E-state index contributed by atoms with van der Waals surface area (Å²) in [6.45, 7) is 7.02. The predicted molar refractivity (Wildman–Crippen MR) is 58.1 cm³/mol. The normalized spacial score (nSPS) is 20.1. The lowest BCUT2D eigenvalue weighted by atomic mass is 9.88. The van der Waals surface area contributed by atoms with Gasteiger partial charge in [0.2, 0.25) is 5.91 Å². The molecule has 0 atom stereocenters. The molecule has 0 aromatic heterocycles. The second-order valence-electron chi connectivity index (χ2n) is 4.50. The van der Waals surface area contributed by atoms with E-state index in [1.165, 1.54) is 0 Å². The molecule has 0 spiro atoms. The van der Waals surface area contributed by atoms with Crippen molar-refractivity contribution in [1.29, 1.82) is 5.26 Å². The van der Waals surface area contributed by atoms with E-state index in [1.807, 2.05) is 13.8 Å². The molecule has 0 saturated carbocycles. The Morgan fingerprint density at radius 3 is 2.33 bits per heavy atom. The van der Waals surface area contributed by atoms with Crippen molar-refractivity contribution in [3.8, 4) is 6.07 Å². The first kappa shape index (κ1) is 12.0. The van der Waals surface area contributed by atoms with E-state index in [0.29, 0.717) is 19.1 Å². The van der Waals surface area contributed by atoms with Gasteiger partial charge in [0.15, 0.2) is 0 Å². The standard InChI is InChI=1S/C11H19N3O/c1-9(2)13-11(8-12)4-6-14(7-5-11)10(3)15/h9,13H,4-7H2,1-3H3. The first-order chi connectivity index (χ1) is 6.99. The number of carbonyl (C=O) groups is 1. The fraction of sp³-hybridized carbons (Fsp3) is 0.818. The van der Waals surface area contributed by atoms with Crippen LogP contribution in [0.15, 0.2) is 0 Å². The van der Waals surface area contributed by atoms with Gasteiger partial charge < -0.3 is 4.90 Å². The summed E-state index contributed by atoms with van der Waals surface area (Å²) in [7, 11) is 0. The fourth-order valence-electron chi connectivity index (χ4n) is 2.04. The van der Waals surface area contributed by atoms with Crippen LogP contribution in [0.2, 0.25) is 0 Å². The van der Waals surface area contributed by atoms with E-state index in [-0.39, 0.29) is 5.91 Å². The zero-order chi connectivity index (χ0) is 11.5. The molecule has 4 nitrogen and oxygen atoms in total. The molecule has 0 unspecified atom stereocenters. The second kappa shape index (κ2) is 4.63. The van der Waals surface area contributed by atoms with Crippen molar-refractivity contribution >= 4 is 5.91 Å². The number of likely N-dealkylation sites (tertiary alicyclic amines) is 1. The Hall–Kier alpha value is -1.08. The molecular formula is C11H19N3O. The molecule has 0 radical (unpaired) electrons. The van der Waals surface area contributed by atoms with Crippen LogP contribution in [0, 0.1) is 11.3 Å². The Kier molecular flexibility index (Phi) is 3.70. The zero-order valence-corrected chi connectivity index (χ0v) is 9.71. The summed E-state index contributed by atoms with van der Waals surface area (Å²) in [5.74, 6) is 0.103. The molecule has 1 aliphatic heterocycles. The summed E-state index contributed by atoms with van der Waals surface area (Å²) in [5.41, 5.74) is -0.430. The molecule has 1 amide bonds. The summed E-state index contributed by atoms with van der Waals surface area (Å²) in [5, 5.41) is 12.5. The summed E-state index contributed by atoms with van der Waals surface area (Å²) in [6, 6.07) is 2.66. The maximum absolute atomic E-state index is 11.1. The van der Waals surface area contributed by atoms with Crippen molar-refractivity contribution in [2.45, 2.75) is 45.2 Å². The highest BCUT2D eigenvalue weighted by atomic mass is 16.2. The van der Waals surface area contributed by atoms with E-state index in [0.717, 1.165) is 12.8 Å². The lowest BCUT2D eigenvalue weighted by Crippen LogP contribution is -2.55. The largest absolute Gasteiger partial charge is 0.343 e. The number of amides is 1. The molecule has 0 aromatic carbocycles. The van der Waals surface area contributed by atoms with E-state index in [2.05, 4.69) is 11.4 Å². The minimum Gasteiger partial charge on any atom is -0.343 e. The molecule has 1 fully saturated rings. The van der Waals surface area contributed by atoms with Crippen LogP contribution in [-0.2, 0) is 4.79 Å². The number of nitrogens with one attached hydrogen (secondary N) is 1. The van der Waals surface area contributed by atoms with Gasteiger partial charge in [0.25, 0.3) is 0 Å². The van der Waals surface area contributed by atoms with E-state index >= 15 is 0 Å². The SMILES string of the molecule is CC(=O)N1CCC(C#N)(NC(C)C)CC1. The van der Waals surface area contributed by atoms with Crippen LogP contribution >= 0.6 is 0 Å². The highest BCUT2D eigenvalue weighted by Gasteiger charge is 2.35. The van der Waals surface area contributed by atoms with E-state index in [9.17, 15) is 10.1 Å². The van der Waals surface area contributed by atoms with Crippen LogP contribution in [-0.4, -0.2) is 35.5 Å². The molecule has 1 heterocycles. The van der Waals surface area contributed by atoms with Gasteiger partial charge in [-0.3, -0.25) is 10.1 Å². The molecule has 0 aliphatic carbocycles. The van der Waals surface area contributed by atoms with Crippen LogP contribution in [0.3, 0.4) is 0 Å². The minimum absolute atomic E-state index is 0.103. The van der Waals surface area contributed by atoms with E-state index in [1.54, 1.807) is 11.8 Å². The van der Waals surface area contributed by atoms with Crippen molar-refractivity contribution in [2.24, 2.45) is 0 Å². The molecule has 0 aromatic rings. The highest BCUT2D eigenvalue weighted by molar-refractivity contribution is 5.73. The van der Waals surface area contributed by atoms with Gasteiger partial charge >= 0.3 is 0 Å². The van der Waals surface area contributed by atoms with Crippen LogP contribution in [0.5, 0.6) is 0 Å². The zero-order valence-electron chi connectivity index (χ0n) is 9.71. The number of hydrogen-bond acceptors (Lipinski definition) is 3. The molecule has 1 saturated heterocycles. The Balaban J connectivity index is 2.59. The van der Waals surface area contributed by atoms with Gasteiger partial charge in [0, 0.05) is 26.1 Å². The first-order valence-electron chi connectivity index (χ1n) is 5.43. The number of nitriles is 1. The molecule has 0 bridgehead atoms. The van der Waals surface area contributed by atoms with Gasteiger partial charge in [-0.2, -0.15) is 5.26 Å². The van der Waals surface area contributed by atoms with E-state index < -0.39 is 5.54 Å². The molecule has 1 rings (SSSR count). The number of rotatable bonds is 2. The molecule has 1 aliphatic rings. The maximum atomic E-state index is 11.1. The van der Waals surface area contributed by atoms with Gasteiger partial charge in [0.1, 0.15) is 5.54 Å². The van der Waals surface area contributed by atoms with Crippen LogP contribution in [0.1, 0.15) is 33.6 Å². The third-order valence-electron chi connectivity index (χ3n) is 2.84. The molecule has 4 heteroatoms. The Morgan fingerprint density at radius 1 is 1.47 bits per heavy atom. The summed E-state index contributed by atoms with van der Waals surface area (Å²) < 4.78 is 0. The van der Waals surface area contributed by atoms with Crippen LogP contribution in [0.25, 0.3) is 0 Å². The minimum atomic E-state index is -0.430. The average Bonchev–Trinajstić information content (AvgIpc) is 2.17. The number of carbonyl (C=O) groups excluding carboxylic acids is 1. The van der Waals surface area contributed by atoms with Gasteiger partial charge in [-0.1, -0.05) is 0 Å². The maximum Gasteiger partial charge on any atom is 0.219 e. The molecular weight excluding hydrogens is 190 g/mol. The molecule has 15 heavy (non-hydrogen) atoms. The molecule has 84 valence electrons. The van der Waals surface area contributed by atoms with Crippen molar-refractivity contribution in [3.63, 3.8) is 0 Å². The highest BCUT2D eigenvalue weighted by Crippen LogP contribution is 2.22. The third kappa shape index (κ3) is 2.93. The lowest BCUT2D eigenvalue weighted by molar-refractivity contribution is -0.130. The average molecular weight is 209 g/mol. The predicted octanol–water partition coefficient (Wildman–Crippen LogP) is 0.889. The smallest absolute Gasteiger partial charge is 0.219 e. The van der Waals surface area contributed by atoms with E-state index in [4.69, 9.17) is 0 Å². The van der Waals surface area contributed by atoms with Gasteiger partial charge in [-0.05, 0) is 26.7 Å². The van der Waals surface area contributed by atoms with Crippen molar-refractivity contribution in [1.82, 2.24) is 10.2 Å². The number of piperidine rings is 1. The van der Waals surface area contributed by atoms with Gasteiger partial charge in [-0.25, -0.2) is 0 Å².